The highest BCUT2D eigenvalue weighted by atomic mass is 28.3. The van der Waals surface area contributed by atoms with Crippen LogP contribution in [0, 0.1) is 0 Å². The van der Waals surface area contributed by atoms with Gasteiger partial charge in [-0.2, -0.15) is 0 Å². The molecule has 0 N–H and O–H groups in total. The third-order valence-electron chi connectivity index (χ3n) is 2.36. The average Bonchev–Trinajstić information content (AvgIpc) is 2.41. The van der Waals surface area contributed by atoms with E-state index in [0.29, 0.717) is 5.82 Å². The van der Waals surface area contributed by atoms with Crippen molar-refractivity contribution < 1.29 is 4.43 Å². The molecule has 2 aromatic rings. The van der Waals surface area contributed by atoms with Crippen molar-refractivity contribution in [2.45, 2.75) is 20.0 Å². The molecule has 0 aliphatic carbocycles. The molecule has 0 aliphatic rings. The summed E-state index contributed by atoms with van der Waals surface area (Å²) in [4.78, 5) is 12.9. The predicted molar refractivity (Wildman–Crippen MR) is 78.5 cm³/mol. The van der Waals surface area contributed by atoms with Crippen LogP contribution in [0.1, 0.15) is 12.7 Å². The summed E-state index contributed by atoms with van der Waals surface area (Å²) < 4.78 is 5.84. The second-order valence-corrected chi connectivity index (χ2v) is 6.27. The average molecular weight is 270 g/mol. The molecule has 0 atom stereocenters. The molecule has 0 amide bonds. The maximum absolute atomic E-state index is 5.84. The summed E-state index contributed by atoms with van der Waals surface area (Å²) in [7, 11) is -0.809. The molecule has 0 unspecified atom stereocenters. The summed E-state index contributed by atoms with van der Waals surface area (Å²) >= 11 is 0. The molecule has 5 heteroatoms. The fourth-order valence-electron chi connectivity index (χ4n) is 1.57. The van der Waals surface area contributed by atoms with E-state index in [1.807, 2.05) is 31.2 Å². The molecule has 1 aromatic heterocycles. The van der Waals surface area contributed by atoms with E-state index in [0.717, 1.165) is 17.1 Å². The SMILES string of the molecule is CC(=Nc1ccccc1O[Si](C)C)c1ncccn1. The van der Waals surface area contributed by atoms with Crippen LogP contribution in [0.4, 0.5) is 5.69 Å². The van der Waals surface area contributed by atoms with E-state index < -0.39 is 9.04 Å². The number of aliphatic imine (C=N–C) groups is 1. The molecular weight excluding hydrogens is 254 g/mol. The first-order valence-electron chi connectivity index (χ1n) is 6.06. The predicted octanol–water partition coefficient (Wildman–Crippen LogP) is 3.25. The quantitative estimate of drug-likeness (QED) is 0.633. The maximum atomic E-state index is 5.84. The molecule has 0 aliphatic heterocycles. The van der Waals surface area contributed by atoms with Crippen LogP contribution in [-0.4, -0.2) is 24.7 Å². The molecule has 0 fully saturated rings. The van der Waals surface area contributed by atoms with Gasteiger partial charge in [-0.15, -0.1) is 0 Å². The van der Waals surface area contributed by atoms with Crippen LogP contribution in [0.5, 0.6) is 5.75 Å². The molecule has 1 radical (unpaired) electrons. The Morgan fingerprint density at radius 2 is 1.79 bits per heavy atom. The molecule has 0 saturated carbocycles. The normalized spacial score (nSPS) is 11.7. The van der Waals surface area contributed by atoms with Crippen LogP contribution in [0.2, 0.25) is 13.1 Å². The maximum Gasteiger partial charge on any atom is 0.274 e. The van der Waals surface area contributed by atoms with Crippen molar-refractivity contribution in [1.82, 2.24) is 9.97 Å². The van der Waals surface area contributed by atoms with Gasteiger partial charge in [0.15, 0.2) is 5.82 Å². The lowest BCUT2D eigenvalue weighted by molar-refractivity contribution is 0.582. The standard InChI is InChI=1S/C14H16N3OSi/c1-11(14-15-9-6-10-16-14)17-12-7-4-5-8-13(12)18-19(2)3/h4-10H,1-3H3. The van der Waals surface area contributed by atoms with Crippen LogP contribution in [-0.2, 0) is 0 Å². The summed E-state index contributed by atoms with van der Waals surface area (Å²) in [6.07, 6.45) is 3.42. The Kier molecular flexibility index (Phi) is 4.41. The van der Waals surface area contributed by atoms with Crippen molar-refractivity contribution >= 4 is 20.4 Å². The van der Waals surface area contributed by atoms with E-state index in [4.69, 9.17) is 4.43 Å². The lowest BCUT2D eigenvalue weighted by Crippen LogP contribution is -2.11. The Hall–Kier alpha value is -2.01. The Morgan fingerprint density at radius 3 is 2.47 bits per heavy atom. The molecule has 0 saturated heterocycles. The highest BCUT2D eigenvalue weighted by molar-refractivity contribution is 6.49. The van der Waals surface area contributed by atoms with Crippen LogP contribution in [0.15, 0.2) is 47.7 Å². The third-order valence-corrected chi connectivity index (χ3v) is 2.99. The van der Waals surface area contributed by atoms with Crippen molar-refractivity contribution in [2.24, 2.45) is 4.99 Å². The first kappa shape index (κ1) is 13.4. The molecule has 0 bridgehead atoms. The minimum absolute atomic E-state index is 0.635. The van der Waals surface area contributed by atoms with Gasteiger partial charge >= 0.3 is 0 Å². The molecule has 1 heterocycles. The Labute approximate surface area is 114 Å². The zero-order valence-corrected chi connectivity index (χ0v) is 12.3. The zero-order valence-electron chi connectivity index (χ0n) is 11.3. The monoisotopic (exact) mass is 270 g/mol. The second-order valence-electron chi connectivity index (χ2n) is 4.25. The van der Waals surface area contributed by atoms with Gasteiger partial charge in [-0.05, 0) is 38.2 Å². The minimum Gasteiger partial charge on any atom is -0.541 e. The summed E-state index contributed by atoms with van der Waals surface area (Å²) in [5.41, 5.74) is 1.59. The highest BCUT2D eigenvalue weighted by Crippen LogP contribution is 2.27. The molecule has 97 valence electrons. The van der Waals surface area contributed by atoms with Gasteiger partial charge in [-0.25, -0.2) is 15.0 Å². The van der Waals surface area contributed by atoms with Crippen molar-refractivity contribution in [3.05, 3.63) is 48.5 Å². The summed E-state index contributed by atoms with van der Waals surface area (Å²) in [5.74, 6) is 1.45. The Morgan fingerprint density at radius 1 is 1.11 bits per heavy atom. The zero-order chi connectivity index (χ0) is 13.7. The first-order valence-corrected chi connectivity index (χ1v) is 8.47. The van der Waals surface area contributed by atoms with Crippen molar-refractivity contribution in [3.63, 3.8) is 0 Å². The molecule has 1 aromatic carbocycles. The minimum atomic E-state index is -0.809. The molecule has 2 rings (SSSR count). The van der Waals surface area contributed by atoms with Crippen molar-refractivity contribution in [1.29, 1.82) is 0 Å². The smallest absolute Gasteiger partial charge is 0.274 e. The number of rotatable bonds is 4. The molecular formula is C14H16N3OSi. The van der Waals surface area contributed by atoms with E-state index in [2.05, 4.69) is 28.1 Å². The van der Waals surface area contributed by atoms with Gasteiger partial charge in [0.25, 0.3) is 9.04 Å². The number of benzene rings is 1. The fourth-order valence-corrected chi connectivity index (χ4v) is 2.18. The van der Waals surface area contributed by atoms with Crippen LogP contribution < -0.4 is 4.43 Å². The number of para-hydroxylation sites is 2. The van der Waals surface area contributed by atoms with E-state index in [1.165, 1.54) is 0 Å². The first-order chi connectivity index (χ1) is 9.16. The topological polar surface area (TPSA) is 47.4 Å². The van der Waals surface area contributed by atoms with Crippen molar-refractivity contribution in [3.8, 4) is 5.75 Å². The Bertz CT molecular complexity index is 570. The van der Waals surface area contributed by atoms with Gasteiger partial charge < -0.3 is 4.43 Å². The number of hydrogen-bond donors (Lipinski definition) is 0. The largest absolute Gasteiger partial charge is 0.541 e. The van der Waals surface area contributed by atoms with Gasteiger partial charge in [0.1, 0.15) is 11.4 Å². The highest BCUT2D eigenvalue weighted by Gasteiger charge is 2.07. The van der Waals surface area contributed by atoms with Gasteiger partial charge in [-0.1, -0.05) is 12.1 Å². The van der Waals surface area contributed by atoms with E-state index in [9.17, 15) is 0 Å². The van der Waals surface area contributed by atoms with Crippen LogP contribution in [0.25, 0.3) is 0 Å². The summed E-state index contributed by atoms with van der Waals surface area (Å²) in [6, 6.07) is 9.56. The van der Waals surface area contributed by atoms with Crippen LogP contribution in [0.3, 0.4) is 0 Å². The molecule has 4 nitrogen and oxygen atoms in total. The van der Waals surface area contributed by atoms with Crippen molar-refractivity contribution in [2.75, 3.05) is 0 Å². The van der Waals surface area contributed by atoms with Gasteiger partial charge in [-0.3, -0.25) is 0 Å². The number of aromatic nitrogens is 2. The number of nitrogens with zero attached hydrogens (tertiary/aromatic N) is 3. The third kappa shape index (κ3) is 3.72. The molecule has 0 spiro atoms. The lowest BCUT2D eigenvalue weighted by Gasteiger charge is -2.11. The van der Waals surface area contributed by atoms with E-state index >= 15 is 0 Å². The summed E-state index contributed by atoms with van der Waals surface area (Å²) in [6.45, 7) is 6.09. The van der Waals surface area contributed by atoms with E-state index in [1.54, 1.807) is 18.5 Å². The van der Waals surface area contributed by atoms with Gasteiger partial charge in [0.2, 0.25) is 0 Å². The fraction of sp³-hybridized carbons (Fsp3) is 0.214. The Balaban J connectivity index is 2.32. The number of hydrogen-bond acceptors (Lipinski definition) is 4. The lowest BCUT2D eigenvalue weighted by atomic mass is 10.3. The second kappa shape index (κ2) is 6.24. The van der Waals surface area contributed by atoms with Crippen LogP contribution >= 0.6 is 0 Å². The molecule has 19 heavy (non-hydrogen) atoms. The summed E-state index contributed by atoms with van der Waals surface area (Å²) in [5, 5.41) is 0. The van der Waals surface area contributed by atoms with Gasteiger partial charge in [0.05, 0.1) is 5.71 Å². The van der Waals surface area contributed by atoms with E-state index in [-0.39, 0.29) is 0 Å². The van der Waals surface area contributed by atoms with Gasteiger partial charge in [0, 0.05) is 12.4 Å².